The van der Waals surface area contributed by atoms with Gasteiger partial charge in [0.15, 0.2) is 0 Å². The number of nitrogens with zero attached hydrogens (tertiary/aromatic N) is 1. The van der Waals surface area contributed by atoms with Crippen molar-refractivity contribution in [2.75, 3.05) is 13.1 Å². The molecule has 21 heavy (non-hydrogen) atoms. The number of nitrogen functional groups attached to an aromatic ring is 1. The molecule has 1 saturated heterocycles. The lowest BCUT2D eigenvalue weighted by Crippen LogP contribution is -2.41. The van der Waals surface area contributed by atoms with Gasteiger partial charge < -0.3 is 0 Å². The Morgan fingerprint density at radius 2 is 2.10 bits per heavy atom. The third-order valence-corrected chi connectivity index (χ3v) is 3.76. The number of hydrazine groups is 1. The fourth-order valence-corrected chi connectivity index (χ4v) is 2.66. The molecule has 0 aromatic heterocycles. The second-order valence-electron chi connectivity index (χ2n) is 5.25. The number of alkyl halides is 3. The van der Waals surface area contributed by atoms with Crippen molar-refractivity contribution in [2.24, 2.45) is 11.8 Å². The number of likely N-dealkylation sites (tertiary alicyclic amines) is 1. The first-order valence-corrected chi connectivity index (χ1v) is 6.79. The van der Waals surface area contributed by atoms with E-state index in [2.05, 4.69) is 5.43 Å². The molecule has 1 atom stereocenters. The predicted octanol–water partition coefficient (Wildman–Crippen LogP) is 2.06. The van der Waals surface area contributed by atoms with Crippen molar-refractivity contribution in [3.05, 3.63) is 35.4 Å². The van der Waals surface area contributed by atoms with Crippen LogP contribution in [0.4, 0.5) is 13.2 Å². The first-order valence-electron chi connectivity index (χ1n) is 6.79. The van der Waals surface area contributed by atoms with Gasteiger partial charge in [-0.15, -0.1) is 0 Å². The molecule has 4 nitrogen and oxygen atoms in total. The third-order valence-electron chi connectivity index (χ3n) is 3.76. The van der Waals surface area contributed by atoms with Gasteiger partial charge in [0.1, 0.15) is 0 Å². The molecule has 1 aliphatic heterocycles. The summed E-state index contributed by atoms with van der Waals surface area (Å²) in [7, 11) is 0. The maximum Gasteiger partial charge on any atom is 0.393 e. The van der Waals surface area contributed by atoms with Gasteiger partial charge in [-0.3, -0.25) is 15.1 Å². The average Bonchev–Trinajstić information content (AvgIpc) is 2.46. The van der Waals surface area contributed by atoms with Crippen LogP contribution in [-0.4, -0.2) is 30.1 Å². The largest absolute Gasteiger partial charge is 0.393 e. The lowest BCUT2D eigenvalue weighted by Gasteiger charge is -2.34. The smallest absolute Gasteiger partial charge is 0.298 e. The molecule has 7 heteroatoms. The van der Waals surface area contributed by atoms with Gasteiger partial charge in [0, 0.05) is 18.7 Å². The Hall–Kier alpha value is -1.60. The molecule has 0 radical (unpaired) electrons. The zero-order chi connectivity index (χ0) is 15.5. The van der Waals surface area contributed by atoms with Crippen LogP contribution in [0.15, 0.2) is 24.3 Å². The van der Waals surface area contributed by atoms with E-state index in [1.54, 1.807) is 29.2 Å². The zero-order valence-corrected chi connectivity index (χ0v) is 11.5. The summed E-state index contributed by atoms with van der Waals surface area (Å²) < 4.78 is 38.4. The van der Waals surface area contributed by atoms with Crippen molar-refractivity contribution < 1.29 is 18.0 Å². The summed E-state index contributed by atoms with van der Waals surface area (Å²) >= 11 is 0. The number of amides is 1. The highest BCUT2D eigenvalue weighted by molar-refractivity contribution is 5.95. The number of benzene rings is 1. The second kappa shape index (κ2) is 6.44. The Kier molecular flexibility index (Phi) is 4.84. The van der Waals surface area contributed by atoms with E-state index in [1.165, 1.54) is 0 Å². The highest BCUT2D eigenvalue weighted by Crippen LogP contribution is 2.33. The van der Waals surface area contributed by atoms with Gasteiger partial charge in [-0.05, 0) is 31.0 Å². The topological polar surface area (TPSA) is 58.4 Å². The summed E-state index contributed by atoms with van der Waals surface area (Å²) in [6, 6.07) is 6.81. The number of carbonyl (C=O) groups excluding carboxylic acids is 1. The Bertz CT molecular complexity index is 504. The van der Waals surface area contributed by atoms with E-state index in [0.717, 1.165) is 0 Å². The van der Waals surface area contributed by atoms with Crippen LogP contribution in [-0.2, 0) is 6.54 Å². The number of rotatable bonds is 3. The van der Waals surface area contributed by atoms with Crippen LogP contribution in [0.3, 0.4) is 0 Å². The van der Waals surface area contributed by atoms with Crippen molar-refractivity contribution in [1.82, 2.24) is 10.3 Å². The highest BCUT2D eigenvalue weighted by atomic mass is 19.4. The molecule has 116 valence electrons. The van der Waals surface area contributed by atoms with E-state index in [1.807, 2.05) is 0 Å². The summed E-state index contributed by atoms with van der Waals surface area (Å²) in [5.41, 5.74) is 3.14. The van der Waals surface area contributed by atoms with E-state index >= 15 is 0 Å². The summed E-state index contributed by atoms with van der Waals surface area (Å²) in [6.07, 6.45) is -3.48. The Balaban J connectivity index is 2.10. The fraction of sp³-hybridized carbons (Fsp3) is 0.500. The zero-order valence-electron chi connectivity index (χ0n) is 11.5. The van der Waals surface area contributed by atoms with E-state index in [0.29, 0.717) is 30.6 Å². The maximum absolute atomic E-state index is 12.8. The molecule has 1 amide bonds. The van der Waals surface area contributed by atoms with Crippen molar-refractivity contribution in [1.29, 1.82) is 0 Å². The molecular formula is C14H18F3N3O. The van der Waals surface area contributed by atoms with E-state index in [-0.39, 0.29) is 13.0 Å². The standard InChI is InChI=1S/C14H18F3N3O/c15-14(16,17)11-5-3-7-20(9-11)8-10-4-1-2-6-12(10)13(21)19-18/h1-2,4,6,11H,3,5,7-9,18H2,(H,19,21). The second-order valence-corrected chi connectivity index (χ2v) is 5.25. The molecule has 1 unspecified atom stereocenters. The van der Waals surface area contributed by atoms with Gasteiger partial charge in [0.2, 0.25) is 0 Å². The molecule has 0 spiro atoms. The van der Waals surface area contributed by atoms with Gasteiger partial charge in [-0.2, -0.15) is 13.2 Å². The molecule has 1 aromatic carbocycles. The third kappa shape index (κ3) is 3.95. The van der Waals surface area contributed by atoms with Gasteiger partial charge in [-0.25, -0.2) is 5.84 Å². The van der Waals surface area contributed by atoms with Crippen LogP contribution < -0.4 is 11.3 Å². The van der Waals surface area contributed by atoms with Gasteiger partial charge in [0.05, 0.1) is 5.92 Å². The first-order chi connectivity index (χ1) is 9.91. The summed E-state index contributed by atoms with van der Waals surface area (Å²) in [4.78, 5) is 13.4. The predicted molar refractivity (Wildman–Crippen MR) is 72.2 cm³/mol. The normalized spacial score (nSPS) is 20.3. The first kappa shape index (κ1) is 15.8. The minimum absolute atomic E-state index is 0.0257. The summed E-state index contributed by atoms with van der Waals surface area (Å²) in [5, 5.41) is 0. The molecular weight excluding hydrogens is 283 g/mol. The number of halogens is 3. The van der Waals surface area contributed by atoms with Crippen molar-refractivity contribution in [3.8, 4) is 0 Å². The minimum Gasteiger partial charge on any atom is -0.298 e. The Morgan fingerprint density at radius 3 is 2.76 bits per heavy atom. The summed E-state index contributed by atoms with van der Waals surface area (Å²) in [6.45, 7) is 0.892. The van der Waals surface area contributed by atoms with Crippen LogP contribution in [0.5, 0.6) is 0 Å². The van der Waals surface area contributed by atoms with Crippen molar-refractivity contribution in [3.63, 3.8) is 0 Å². The van der Waals surface area contributed by atoms with Crippen molar-refractivity contribution >= 4 is 5.91 Å². The number of nitrogens with two attached hydrogens (primary N) is 1. The van der Waals surface area contributed by atoms with Crippen LogP contribution >= 0.6 is 0 Å². The number of hydrogen-bond acceptors (Lipinski definition) is 3. The molecule has 3 N–H and O–H groups in total. The molecule has 1 fully saturated rings. The number of nitrogens with one attached hydrogen (secondary N) is 1. The molecule has 2 rings (SSSR count). The number of hydrogen-bond donors (Lipinski definition) is 2. The lowest BCUT2D eigenvalue weighted by molar-refractivity contribution is -0.187. The van der Waals surface area contributed by atoms with E-state index in [9.17, 15) is 18.0 Å². The molecule has 1 aliphatic rings. The lowest BCUT2D eigenvalue weighted by atomic mass is 9.96. The molecule has 0 bridgehead atoms. The number of carbonyl (C=O) groups is 1. The van der Waals surface area contributed by atoms with Gasteiger partial charge in [0.25, 0.3) is 5.91 Å². The highest BCUT2D eigenvalue weighted by Gasteiger charge is 2.41. The quantitative estimate of drug-likeness (QED) is 0.510. The molecule has 0 aliphatic carbocycles. The Morgan fingerprint density at radius 1 is 1.38 bits per heavy atom. The van der Waals surface area contributed by atoms with Crippen LogP contribution in [0.25, 0.3) is 0 Å². The molecule has 0 saturated carbocycles. The van der Waals surface area contributed by atoms with E-state index < -0.39 is 18.0 Å². The van der Waals surface area contributed by atoms with Gasteiger partial charge in [-0.1, -0.05) is 18.2 Å². The van der Waals surface area contributed by atoms with Gasteiger partial charge >= 0.3 is 6.18 Å². The average molecular weight is 301 g/mol. The number of piperidine rings is 1. The fourth-order valence-electron chi connectivity index (χ4n) is 2.66. The Labute approximate surface area is 121 Å². The monoisotopic (exact) mass is 301 g/mol. The van der Waals surface area contributed by atoms with Crippen LogP contribution in [0.2, 0.25) is 0 Å². The van der Waals surface area contributed by atoms with E-state index in [4.69, 9.17) is 5.84 Å². The summed E-state index contributed by atoms with van der Waals surface area (Å²) in [5.74, 6) is 3.40. The van der Waals surface area contributed by atoms with Crippen LogP contribution in [0, 0.1) is 5.92 Å². The molecule has 1 aromatic rings. The minimum atomic E-state index is -4.16. The van der Waals surface area contributed by atoms with Crippen LogP contribution in [0.1, 0.15) is 28.8 Å². The molecule has 1 heterocycles. The maximum atomic E-state index is 12.8. The van der Waals surface area contributed by atoms with Crippen molar-refractivity contribution in [2.45, 2.75) is 25.6 Å². The SMILES string of the molecule is NNC(=O)c1ccccc1CN1CCCC(C(F)(F)F)C1.